The Balaban J connectivity index is 1.73. The molecule has 178 valence electrons. The largest absolute Gasteiger partial charge is 0.495 e. The molecule has 8 heteroatoms. The number of methoxy groups -OCH3 is 1. The lowest BCUT2D eigenvalue weighted by Crippen LogP contribution is -2.33. The van der Waals surface area contributed by atoms with Gasteiger partial charge in [-0.25, -0.2) is 4.79 Å². The molecule has 3 rings (SSSR count). The molecule has 0 bridgehead atoms. The molecule has 1 fully saturated rings. The number of ether oxygens (including phenoxy) is 2. The number of carbonyl (C=O) groups excluding carboxylic acids is 2. The Labute approximate surface area is 195 Å². The minimum absolute atomic E-state index is 0.152. The fraction of sp³-hybridized carbons (Fsp3) is 0.440. The molecule has 0 aliphatic carbocycles. The van der Waals surface area contributed by atoms with Crippen LogP contribution in [0, 0.1) is 0 Å². The van der Waals surface area contributed by atoms with E-state index in [-0.39, 0.29) is 5.91 Å². The SMILES string of the molecule is CCOCCCNC(=O)c1cc(NC(=O)Nc2ccccc2OC)ccc1N1CCCCC1. The lowest BCUT2D eigenvalue weighted by molar-refractivity contribution is 0.0944. The first-order valence-corrected chi connectivity index (χ1v) is 11.6. The third-order valence-corrected chi connectivity index (χ3v) is 5.51. The zero-order chi connectivity index (χ0) is 23.5. The van der Waals surface area contributed by atoms with Crippen LogP contribution in [0.25, 0.3) is 0 Å². The summed E-state index contributed by atoms with van der Waals surface area (Å²) in [5, 5.41) is 8.60. The van der Waals surface area contributed by atoms with E-state index in [1.165, 1.54) is 6.42 Å². The van der Waals surface area contributed by atoms with E-state index in [9.17, 15) is 9.59 Å². The molecular weight excluding hydrogens is 420 g/mol. The number of amides is 3. The molecule has 2 aromatic carbocycles. The Bertz CT molecular complexity index is 928. The molecule has 8 nitrogen and oxygen atoms in total. The number of hydrogen-bond acceptors (Lipinski definition) is 5. The second-order valence-corrected chi connectivity index (χ2v) is 7.87. The molecular formula is C25H34N4O4. The Morgan fingerprint density at radius 1 is 1.03 bits per heavy atom. The molecule has 0 aromatic heterocycles. The van der Waals surface area contributed by atoms with Crippen molar-refractivity contribution in [2.45, 2.75) is 32.6 Å². The third kappa shape index (κ3) is 7.12. The van der Waals surface area contributed by atoms with Crippen LogP contribution in [0.3, 0.4) is 0 Å². The third-order valence-electron chi connectivity index (χ3n) is 5.51. The predicted octanol–water partition coefficient (Wildman–Crippen LogP) is 4.49. The maximum Gasteiger partial charge on any atom is 0.323 e. The smallest absolute Gasteiger partial charge is 0.323 e. The first-order chi connectivity index (χ1) is 16.1. The molecule has 1 saturated heterocycles. The summed E-state index contributed by atoms with van der Waals surface area (Å²) in [4.78, 5) is 27.9. The van der Waals surface area contributed by atoms with E-state index in [0.717, 1.165) is 38.0 Å². The van der Waals surface area contributed by atoms with Gasteiger partial charge in [-0.05, 0) is 62.9 Å². The number of nitrogens with zero attached hydrogens (tertiary/aromatic N) is 1. The molecule has 0 radical (unpaired) electrons. The van der Waals surface area contributed by atoms with Crippen molar-refractivity contribution in [2.24, 2.45) is 0 Å². The number of carbonyl (C=O) groups is 2. The van der Waals surface area contributed by atoms with Gasteiger partial charge in [0.2, 0.25) is 0 Å². The summed E-state index contributed by atoms with van der Waals surface area (Å²) in [6.45, 7) is 5.60. The number of anilines is 3. The van der Waals surface area contributed by atoms with Crippen LogP contribution in [0.4, 0.5) is 21.9 Å². The van der Waals surface area contributed by atoms with Crippen molar-refractivity contribution in [1.82, 2.24) is 5.32 Å². The quantitative estimate of drug-likeness (QED) is 0.460. The van der Waals surface area contributed by atoms with Crippen LogP contribution >= 0.6 is 0 Å². The van der Waals surface area contributed by atoms with Gasteiger partial charge in [0.1, 0.15) is 5.75 Å². The number of urea groups is 1. The molecule has 0 saturated carbocycles. The molecule has 0 atom stereocenters. The van der Waals surface area contributed by atoms with Crippen molar-refractivity contribution in [3.05, 3.63) is 48.0 Å². The van der Waals surface area contributed by atoms with Crippen molar-refractivity contribution in [1.29, 1.82) is 0 Å². The van der Waals surface area contributed by atoms with Gasteiger partial charge in [0.15, 0.2) is 0 Å². The standard InChI is InChI=1S/C25H34N4O4/c1-3-33-17-9-14-26-24(30)20-18-19(12-13-22(20)29-15-7-4-8-16-29)27-25(31)28-21-10-5-6-11-23(21)32-2/h5-6,10-13,18H,3-4,7-9,14-17H2,1-2H3,(H,26,30)(H2,27,28,31). The molecule has 3 amide bonds. The maximum atomic E-state index is 13.0. The van der Waals surface area contributed by atoms with Crippen LogP contribution in [-0.4, -0.2) is 51.9 Å². The van der Waals surface area contributed by atoms with Gasteiger partial charge in [0.05, 0.1) is 18.4 Å². The summed E-state index contributed by atoms with van der Waals surface area (Å²) in [5.41, 5.74) is 2.56. The van der Waals surface area contributed by atoms with Crippen molar-refractivity contribution < 1.29 is 19.1 Å². The lowest BCUT2D eigenvalue weighted by Gasteiger charge is -2.30. The summed E-state index contributed by atoms with van der Waals surface area (Å²) < 4.78 is 10.6. The minimum atomic E-state index is -0.409. The summed E-state index contributed by atoms with van der Waals surface area (Å²) in [6, 6.07) is 12.3. The zero-order valence-corrected chi connectivity index (χ0v) is 19.5. The van der Waals surface area contributed by atoms with E-state index in [4.69, 9.17) is 9.47 Å². The number of benzene rings is 2. The van der Waals surface area contributed by atoms with Gasteiger partial charge in [-0.2, -0.15) is 0 Å². The van der Waals surface area contributed by atoms with E-state index in [2.05, 4.69) is 20.9 Å². The van der Waals surface area contributed by atoms with Crippen molar-refractivity contribution in [3.8, 4) is 5.75 Å². The first kappa shape index (κ1) is 24.4. The monoisotopic (exact) mass is 454 g/mol. The highest BCUT2D eigenvalue weighted by Crippen LogP contribution is 2.28. The first-order valence-electron chi connectivity index (χ1n) is 11.6. The molecule has 0 unspecified atom stereocenters. The molecule has 2 aromatic rings. The Hall–Kier alpha value is -3.26. The van der Waals surface area contributed by atoms with Gasteiger partial charge in [-0.1, -0.05) is 12.1 Å². The predicted molar refractivity (Wildman–Crippen MR) is 132 cm³/mol. The van der Waals surface area contributed by atoms with Gasteiger partial charge in [0, 0.05) is 44.2 Å². The molecule has 1 aliphatic heterocycles. The summed E-state index contributed by atoms with van der Waals surface area (Å²) in [6.07, 6.45) is 4.17. The fourth-order valence-corrected chi connectivity index (χ4v) is 3.85. The van der Waals surface area contributed by atoms with E-state index in [1.807, 2.05) is 31.2 Å². The van der Waals surface area contributed by atoms with Gasteiger partial charge in [0.25, 0.3) is 5.91 Å². The van der Waals surface area contributed by atoms with Crippen molar-refractivity contribution in [2.75, 3.05) is 55.5 Å². The molecule has 33 heavy (non-hydrogen) atoms. The fourth-order valence-electron chi connectivity index (χ4n) is 3.85. The topological polar surface area (TPSA) is 91.9 Å². The van der Waals surface area contributed by atoms with Crippen molar-refractivity contribution in [3.63, 3.8) is 0 Å². The highest BCUT2D eigenvalue weighted by molar-refractivity contribution is 6.04. The lowest BCUT2D eigenvalue weighted by atomic mass is 10.1. The molecule has 1 aliphatic rings. The Morgan fingerprint density at radius 3 is 2.58 bits per heavy atom. The Morgan fingerprint density at radius 2 is 1.82 bits per heavy atom. The molecule has 0 spiro atoms. The van der Waals surface area contributed by atoms with Gasteiger partial charge in [-0.15, -0.1) is 0 Å². The van der Waals surface area contributed by atoms with Gasteiger partial charge in [-0.3, -0.25) is 4.79 Å². The van der Waals surface area contributed by atoms with Crippen molar-refractivity contribution >= 4 is 29.0 Å². The van der Waals surface area contributed by atoms with E-state index >= 15 is 0 Å². The minimum Gasteiger partial charge on any atom is -0.495 e. The highest BCUT2D eigenvalue weighted by Gasteiger charge is 2.20. The normalized spacial score (nSPS) is 13.3. The van der Waals surface area contributed by atoms with Crippen LogP contribution < -0.4 is 25.6 Å². The highest BCUT2D eigenvalue weighted by atomic mass is 16.5. The van der Waals surface area contributed by atoms with Crippen LogP contribution in [-0.2, 0) is 4.74 Å². The second-order valence-electron chi connectivity index (χ2n) is 7.87. The van der Waals surface area contributed by atoms with Gasteiger partial charge >= 0.3 is 6.03 Å². The molecule has 1 heterocycles. The van der Waals surface area contributed by atoms with E-state index in [1.54, 1.807) is 25.3 Å². The summed E-state index contributed by atoms with van der Waals surface area (Å²) in [7, 11) is 1.55. The average Bonchev–Trinajstić information content (AvgIpc) is 2.84. The summed E-state index contributed by atoms with van der Waals surface area (Å²) in [5.74, 6) is 0.418. The number of para-hydroxylation sites is 2. The van der Waals surface area contributed by atoms with Crippen LogP contribution in [0.2, 0.25) is 0 Å². The Kier molecular flexibility index (Phi) is 9.38. The maximum absolute atomic E-state index is 13.0. The van der Waals surface area contributed by atoms with Crippen LogP contribution in [0.15, 0.2) is 42.5 Å². The second kappa shape index (κ2) is 12.7. The van der Waals surface area contributed by atoms with E-state index < -0.39 is 6.03 Å². The van der Waals surface area contributed by atoms with E-state index in [0.29, 0.717) is 42.4 Å². The summed E-state index contributed by atoms with van der Waals surface area (Å²) >= 11 is 0. The molecule has 3 N–H and O–H groups in total. The zero-order valence-electron chi connectivity index (χ0n) is 19.5. The number of hydrogen-bond donors (Lipinski definition) is 3. The number of rotatable bonds is 10. The average molecular weight is 455 g/mol. The number of piperidine rings is 1. The van der Waals surface area contributed by atoms with Gasteiger partial charge < -0.3 is 30.3 Å². The van der Waals surface area contributed by atoms with Crippen LogP contribution in [0.5, 0.6) is 5.75 Å². The van der Waals surface area contributed by atoms with Crippen LogP contribution in [0.1, 0.15) is 43.0 Å². The number of nitrogens with one attached hydrogen (secondary N) is 3.